The average molecular weight is 224 g/mol. The molecule has 1 rings (SSSR count). The molecule has 0 aromatic rings. The average Bonchev–Trinajstić information content (AvgIpc) is 2.02. The van der Waals surface area contributed by atoms with Crippen LogP contribution in [0.25, 0.3) is 0 Å². The molecule has 1 heterocycles. The van der Waals surface area contributed by atoms with Gasteiger partial charge in [0.1, 0.15) is 0 Å². The van der Waals surface area contributed by atoms with Crippen molar-refractivity contribution in [1.82, 2.24) is 4.90 Å². The van der Waals surface area contributed by atoms with Gasteiger partial charge in [-0.1, -0.05) is 6.92 Å². The smallest absolute Gasteiger partial charge is 0.445 e. The number of halogens is 3. The van der Waals surface area contributed by atoms with Crippen LogP contribution in [0.3, 0.4) is 0 Å². The molecule has 0 N–H and O–H groups in total. The second-order valence-electron chi connectivity index (χ2n) is 3.65. The van der Waals surface area contributed by atoms with Crippen LogP contribution in [-0.2, 0) is 0 Å². The van der Waals surface area contributed by atoms with Crippen molar-refractivity contribution in [2.45, 2.75) is 12.2 Å². The molecule has 1 fully saturated rings. The summed E-state index contributed by atoms with van der Waals surface area (Å²) >= 11 is 1.81. The van der Waals surface area contributed by atoms with Gasteiger partial charge in [-0.15, -0.1) is 12.1 Å². The fourth-order valence-electron chi connectivity index (χ4n) is 1.42. The van der Waals surface area contributed by atoms with Gasteiger partial charge < -0.3 is 17.8 Å². The lowest BCUT2D eigenvalue weighted by atomic mass is 9.80. The summed E-state index contributed by atoms with van der Waals surface area (Å²) in [5, 5.41) is 0.428. The van der Waals surface area contributed by atoms with Crippen LogP contribution in [0.4, 0.5) is 12.9 Å². The molecule has 1 aliphatic heterocycles. The first kappa shape index (κ1) is 12.0. The highest BCUT2D eigenvalue weighted by atomic mass is 32.2. The predicted octanol–water partition coefficient (Wildman–Crippen LogP) is 2.37. The highest BCUT2D eigenvalue weighted by Crippen LogP contribution is 2.22. The minimum absolute atomic E-state index is 0.0194. The molecule has 6 heteroatoms. The van der Waals surface area contributed by atoms with Crippen LogP contribution in [0.2, 0.25) is 0 Å². The van der Waals surface area contributed by atoms with Crippen molar-refractivity contribution in [2.75, 3.05) is 25.4 Å². The van der Waals surface area contributed by atoms with Gasteiger partial charge in [0.25, 0.3) is 0 Å². The second-order valence-corrected chi connectivity index (χ2v) is 5.20. The SMILES string of the molecule is C=C(CN1CCSC(C)C1)[B-](F)(F)F. The molecule has 0 spiro atoms. The van der Waals surface area contributed by atoms with E-state index >= 15 is 0 Å². The molecule has 1 nitrogen and oxygen atoms in total. The van der Waals surface area contributed by atoms with E-state index in [4.69, 9.17) is 0 Å². The molecule has 0 saturated carbocycles. The minimum Gasteiger partial charge on any atom is -0.445 e. The highest BCUT2D eigenvalue weighted by molar-refractivity contribution is 7.99. The van der Waals surface area contributed by atoms with Crippen LogP contribution in [0.1, 0.15) is 6.92 Å². The zero-order valence-corrected chi connectivity index (χ0v) is 9.00. The molecule has 1 unspecified atom stereocenters. The van der Waals surface area contributed by atoms with Crippen LogP contribution in [0.5, 0.6) is 0 Å². The Morgan fingerprint density at radius 1 is 1.57 bits per heavy atom. The molecule has 14 heavy (non-hydrogen) atoms. The van der Waals surface area contributed by atoms with Gasteiger partial charge in [-0.2, -0.15) is 11.8 Å². The lowest BCUT2D eigenvalue weighted by molar-refractivity contribution is 0.308. The van der Waals surface area contributed by atoms with Crippen LogP contribution < -0.4 is 0 Å². The lowest BCUT2D eigenvalue weighted by Crippen LogP contribution is -2.40. The zero-order chi connectivity index (χ0) is 10.8. The Balaban J connectivity index is 2.40. The Bertz CT molecular complexity index is 219. The Labute approximate surface area is 86.8 Å². The molecule has 0 aromatic heterocycles. The van der Waals surface area contributed by atoms with Gasteiger partial charge in [0, 0.05) is 24.1 Å². The van der Waals surface area contributed by atoms with Crippen LogP contribution in [0, 0.1) is 0 Å². The molecule has 0 amide bonds. The third kappa shape index (κ3) is 3.57. The Kier molecular flexibility index (Phi) is 3.95. The molecular weight excluding hydrogens is 210 g/mol. The summed E-state index contributed by atoms with van der Waals surface area (Å²) < 4.78 is 36.7. The fraction of sp³-hybridized carbons (Fsp3) is 0.750. The van der Waals surface area contributed by atoms with Crippen molar-refractivity contribution in [2.24, 2.45) is 0 Å². The van der Waals surface area contributed by atoms with Gasteiger partial charge in [0.15, 0.2) is 0 Å². The fourth-order valence-corrected chi connectivity index (χ4v) is 2.51. The topological polar surface area (TPSA) is 3.24 Å². The molecule has 82 valence electrons. The summed E-state index contributed by atoms with van der Waals surface area (Å²) in [6.07, 6.45) is 0. The van der Waals surface area contributed by atoms with Gasteiger partial charge in [0.05, 0.1) is 0 Å². The molecule has 1 atom stereocenters. The van der Waals surface area contributed by atoms with Gasteiger partial charge >= 0.3 is 6.98 Å². The van der Waals surface area contributed by atoms with E-state index in [1.807, 2.05) is 23.6 Å². The van der Waals surface area contributed by atoms with Crippen LogP contribution in [0.15, 0.2) is 12.1 Å². The van der Waals surface area contributed by atoms with E-state index in [1.54, 1.807) is 0 Å². The monoisotopic (exact) mass is 224 g/mol. The van der Waals surface area contributed by atoms with E-state index in [9.17, 15) is 12.9 Å². The van der Waals surface area contributed by atoms with Crippen molar-refractivity contribution < 1.29 is 12.9 Å². The summed E-state index contributed by atoms with van der Waals surface area (Å²) in [7, 11) is 0. The minimum atomic E-state index is -4.86. The van der Waals surface area contributed by atoms with Crippen molar-refractivity contribution in [3.05, 3.63) is 12.1 Å². The van der Waals surface area contributed by atoms with Crippen molar-refractivity contribution >= 4 is 18.7 Å². The Morgan fingerprint density at radius 2 is 2.21 bits per heavy atom. The first-order valence-corrected chi connectivity index (χ1v) is 5.66. The first-order valence-electron chi connectivity index (χ1n) is 4.61. The van der Waals surface area contributed by atoms with E-state index < -0.39 is 12.4 Å². The predicted molar refractivity (Wildman–Crippen MR) is 56.6 cm³/mol. The zero-order valence-electron chi connectivity index (χ0n) is 8.18. The van der Waals surface area contributed by atoms with E-state index in [0.29, 0.717) is 5.25 Å². The maximum atomic E-state index is 12.2. The quantitative estimate of drug-likeness (QED) is 0.677. The Hall–Kier alpha value is -0.0951. The molecule has 0 aromatic carbocycles. The van der Waals surface area contributed by atoms with Crippen molar-refractivity contribution in [1.29, 1.82) is 0 Å². The van der Waals surface area contributed by atoms with Gasteiger partial charge in [-0.3, -0.25) is 0 Å². The number of rotatable bonds is 3. The molecule has 0 aliphatic carbocycles. The van der Waals surface area contributed by atoms with Crippen LogP contribution >= 0.6 is 11.8 Å². The number of thioether (sulfide) groups is 1. The van der Waals surface area contributed by atoms with E-state index in [-0.39, 0.29) is 6.54 Å². The number of nitrogens with zero attached hydrogens (tertiary/aromatic N) is 1. The summed E-state index contributed by atoms with van der Waals surface area (Å²) in [6, 6.07) is 0. The van der Waals surface area contributed by atoms with Crippen molar-refractivity contribution in [3.8, 4) is 0 Å². The largest absolute Gasteiger partial charge is 0.506 e. The molecule has 0 bridgehead atoms. The lowest BCUT2D eigenvalue weighted by Gasteiger charge is -2.33. The highest BCUT2D eigenvalue weighted by Gasteiger charge is 2.28. The number of hydrogen-bond acceptors (Lipinski definition) is 2. The Morgan fingerprint density at radius 3 is 2.71 bits per heavy atom. The van der Waals surface area contributed by atoms with Gasteiger partial charge in [-0.05, 0) is 6.54 Å². The molecule has 1 aliphatic rings. The summed E-state index contributed by atoms with van der Waals surface area (Å²) in [4.78, 5) is 1.83. The maximum absolute atomic E-state index is 12.2. The third-order valence-corrected chi connectivity index (χ3v) is 3.35. The molecule has 0 radical (unpaired) electrons. The van der Waals surface area contributed by atoms with Crippen molar-refractivity contribution in [3.63, 3.8) is 0 Å². The summed E-state index contributed by atoms with van der Waals surface area (Å²) in [5.74, 6) is 0.916. The summed E-state index contributed by atoms with van der Waals surface area (Å²) in [5.41, 5.74) is -0.580. The maximum Gasteiger partial charge on any atom is 0.506 e. The molecule has 1 saturated heterocycles. The normalized spacial score (nSPS) is 25.0. The van der Waals surface area contributed by atoms with E-state index in [0.717, 1.165) is 18.8 Å². The third-order valence-electron chi connectivity index (χ3n) is 2.21. The van der Waals surface area contributed by atoms with Crippen LogP contribution in [-0.4, -0.2) is 42.5 Å². The van der Waals surface area contributed by atoms with E-state index in [1.165, 1.54) is 0 Å². The summed E-state index contributed by atoms with van der Waals surface area (Å²) in [6.45, 7) is 1.73. The first-order chi connectivity index (χ1) is 6.39. The standard InChI is InChI=1S/C8H14BF3NS/c1-7(9(10,11)12)5-13-3-4-14-8(2)6-13/h8H,1,3-6H2,2H3/q-1. The number of hydrogen-bond donors (Lipinski definition) is 0. The van der Waals surface area contributed by atoms with Gasteiger partial charge in [-0.25, -0.2) is 0 Å². The van der Waals surface area contributed by atoms with Gasteiger partial charge in [0.2, 0.25) is 0 Å². The second kappa shape index (κ2) is 4.62. The van der Waals surface area contributed by atoms with E-state index in [2.05, 4.69) is 6.58 Å². The molecular formula is C8H14BF3NS-.